The minimum absolute atomic E-state index is 0.908. The lowest BCUT2D eigenvalue weighted by Gasteiger charge is -1.94. The molecule has 81 valence electrons. The Hall–Kier alpha value is -2.00. The standard InChI is InChI=1S/C14H9N2S/c1-2-6-11(7-3-1)14-16-13(10-17-14)12-8-4-5-9-15-12/h1-6,8-10H. The highest BCUT2D eigenvalue weighted by molar-refractivity contribution is 7.13. The molecule has 0 atom stereocenters. The molecular weight excluding hydrogens is 228 g/mol. The molecular formula is C14H9N2S. The van der Waals surface area contributed by atoms with Crippen LogP contribution in [0.2, 0.25) is 0 Å². The Morgan fingerprint density at radius 3 is 2.71 bits per heavy atom. The first-order valence-corrected chi connectivity index (χ1v) is 6.15. The van der Waals surface area contributed by atoms with Crippen LogP contribution in [0.3, 0.4) is 0 Å². The Morgan fingerprint density at radius 2 is 1.94 bits per heavy atom. The molecule has 17 heavy (non-hydrogen) atoms. The molecule has 3 heteroatoms. The molecule has 3 rings (SSSR count). The Labute approximate surface area is 104 Å². The third kappa shape index (κ3) is 2.10. The van der Waals surface area contributed by atoms with E-state index >= 15 is 0 Å². The van der Waals surface area contributed by atoms with E-state index in [0.29, 0.717) is 0 Å². The van der Waals surface area contributed by atoms with E-state index in [-0.39, 0.29) is 0 Å². The molecule has 0 saturated heterocycles. The Kier molecular flexibility index (Phi) is 2.68. The van der Waals surface area contributed by atoms with Gasteiger partial charge in [-0.15, -0.1) is 11.3 Å². The first kappa shape index (κ1) is 10.2. The van der Waals surface area contributed by atoms with Gasteiger partial charge in [-0.05, 0) is 18.2 Å². The van der Waals surface area contributed by atoms with Crippen LogP contribution >= 0.6 is 11.3 Å². The topological polar surface area (TPSA) is 25.8 Å². The maximum atomic E-state index is 4.58. The molecule has 1 aromatic carbocycles. The van der Waals surface area contributed by atoms with Crippen LogP contribution in [-0.4, -0.2) is 9.97 Å². The monoisotopic (exact) mass is 237 g/mol. The molecule has 0 aliphatic heterocycles. The number of hydrogen-bond acceptors (Lipinski definition) is 3. The zero-order chi connectivity index (χ0) is 11.5. The fraction of sp³-hybridized carbons (Fsp3) is 0. The van der Waals surface area contributed by atoms with Gasteiger partial charge >= 0.3 is 0 Å². The number of pyridine rings is 1. The Morgan fingerprint density at radius 1 is 1.00 bits per heavy atom. The van der Waals surface area contributed by atoms with Gasteiger partial charge in [0.2, 0.25) is 0 Å². The lowest BCUT2D eigenvalue weighted by Crippen LogP contribution is -1.82. The number of thiazole rings is 1. The van der Waals surface area contributed by atoms with Crippen LogP contribution in [-0.2, 0) is 0 Å². The molecule has 3 aromatic rings. The highest BCUT2D eigenvalue weighted by Gasteiger charge is 2.06. The van der Waals surface area contributed by atoms with E-state index in [0.717, 1.165) is 22.0 Å². The van der Waals surface area contributed by atoms with E-state index < -0.39 is 0 Å². The van der Waals surface area contributed by atoms with Crippen LogP contribution in [0.5, 0.6) is 0 Å². The molecule has 2 nitrogen and oxygen atoms in total. The van der Waals surface area contributed by atoms with E-state index in [2.05, 4.69) is 16.0 Å². The summed E-state index contributed by atoms with van der Waals surface area (Å²) in [4.78, 5) is 8.87. The Balaban J connectivity index is 1.99. The van der Waals surface area contributed by atoms with Crippen molar-refractivity contribution in [2.45, 2.75) is 0 Å². The third-order valence-corrected chi connectivity index (χ3v) is 3.25. The van der Waals surface area contributed by atoms with Gasteiger partial charge in [0.1, 0.15) is 10.7 Å². The number of aromatic nitrogens is 2. The summed E-state index contributed by atoms with van der Waals surface area (Å²) in [5.41, 5.74) is 2.86. The van der Waals surface area contributed by atoms with Crippen LogP contribution < -0.4 is 0 Å². The van der Waals surface area contributed by atoms with Gasteiger partial charge in [0.25, 0.3) is 0 Å². The molecule has 0 bridgehead atoms. The van der Waals surface area contributed by atoms with Crippen LogP contribution in [0.25, 0.3) is 22.0 Å². The predicted molar refractivity (Wildman–Crippen MR) is 69.6 cm³/mol. The van der Waals surface area contributed by atoms with Gasteiger partial charge in [0.15, 0.2) is 0 Å². The van der Waals surface area contributed by atoms with Gasteiger partial charge in [-0.25, -0.2) is 4.98 Å². The van der Waals surface area contributed by atoms with Crippen LogP contribution in [0.15, 0.2) is 54.0 Å². The van der Waals surface area contributed by atoms with Crippen LogP contribution in [0.1, 0.15) is 0 Å². The summed E-state index contributed by atoms with van der Waals surface area (Å²) in [6, 6.07) is 16.9. The molecule has 0 saturated carbocycles. The fourth-order valence-electron chi connectivity index (χ4n) is 1.56. The molecule has 2 aromatic heterocycles. The van der Waals surface area contributed by atoms with Crippen molar-refractivity contribution >= 4 is 11.3 Å². The zero-order valence-corrected chi connectivity index (χ0v) is 9.82. The minimum atomic E-state index is 0.908. The normalized spacial score (nSPS) is 10.4. The molecule has 0 unspecified atom stereocenters. The number of benzene rings is 1. The van der Waals surface area contributed by atoms with E-state index in [1.165, 1.54) is 0 Å². The van der Waals surface area contributed by atoms with E-state index in [1.54, 1.807) is 17.5 Å². The van der Waals surface area contributed by atoms with Gasteiger partial charge in [-0.1, -0.05) is 30.3 Å². The Bertz CT molecular complexity index is 548. The molecule has 2 heterocycles. The van der Waals surface area contributed by atoms with Crippen LogP contribution in [0, 0.1) is 6.07 Å². The first-order chi connectivity index (χ1) is 8.43. The van der Waals surface area contributed by atoms with Gasteiger partial charge in [-0.2, -0.15) is 0 Å². The van der Waals surface area contributed by atoms with Crippen molar-refractivity contribution in [3.63, 3.8) is 0 Å². The molecule has 0 aliphatic carbocycles. The smallest absolute Gasteiger partial charge is 0.124 e. The van der Waals surface area contributed by atoms with Crippen molar-refractivity contribution < 1.29 is 0 Å². The number of nitrogens with zero attached hydrogens (tertiary/aromatic N) is 2. The molecule has 0 spiro atoms. The van der Waals surface area contributed by atoms with Crippen molar-refractivity contribution in [1.29, 1.82) is 0 Å². The van der Waals surface area contributed by atoms with Gasteiger partial charge < -0.3 is 0 Å². The van der Waals surface area contributed by atoms with Gasteiger partial charge in [0.05, 0.1) is 5.69 Å². The summed E-state index contributed by atoms with van der Waals surface area (Å²) >= 11 is 1.62. The van der Waals surface area contributed by atoms with E-state index in [9.17, 15) is 0 Å². The van der Waals surface area contributed by atoms with E-state index in [4.69, 9.17) is 0 Å². The first-order valence-electron chi connectivity index (χ1n) is 5.27. The van der Waals surface area contributed by atoms with Crippen molar-refractivity contribution in [2.24, 2.45) is 0 Å². The highest BCUT2D eigenvalue weighted by Crippen LogP contribution is 2.27. The van der Waals surface area contributed by atoms with Crippen molar-refractivity contribution in [3.8, 4) is 22.0 Å². The molecule has 0 aliphatic rings. The van der Waals surface area contributed by atoms with Gasteiger partial charge in [-0.3, -0.25) is 4.98 Å². The lowest BCUT2D eigenvalue weighted by atomic mass is 10.2. The molecule has 1 radical (unpaired) electrons. The molecule has 0 N–H and O–H groups in total. The lowest BCUT2D eigenvalue weighted by molar-refractivity contribution is 1.28. The largest absolute Gasteiger partial charge is 0.255 e. The minimum Gasteiger partial charge on any atom is -0.255 e. The summed E-state index contributed by atoms with van der Waals surface area (Å²) in [5, 5.41) is 3.00. The summed E-state index contributed by atoms with van der Waals surface area (Å²) in [5.74, 6) is 0. The SMILES string of the molecule is [c]1ccccc1-c1nc(-c2ccccn2)cs1. The number of rotatable bonds is 2. The van der Waals surface area contributed by atoms with Gasteiger partial charge in [0, 0.05) is 17.1 Å². The summed E-state index contributed by atoms with van der Waals surface area (Å²) in [6.07, 6.45) is 1.78. The maximum Gasteiger partial charge on any atom is 0.124 e. The fourth-order valence-corrected chi connectivity index (χ4v) is 2.36. The maximum absolute atomic E-state index is 4.58. The van der Waals surface area contributed by atoms with Crippen LogP contribution in [0.4, 0.5) is 0 Å². The van der Waals surface area contributed by atoms with Crippen molar-refractivity contribution in [1.82, 2.24) is 9.97 Å². The average Bonchev–Trinajstić information content (AvgIpc) is 2.90. The second kappa shape index (κ2) is 4.47. The van der Waals surface area contributed by atoms with Crippen molar-refractivity contribution in [3.05, 3.63) is 60.1 Å². The molecule has 0 fully saturated rings. The second-order valence-corrected chi connectivity index (χ2v) is 4.39. The van der Waals surface area contributed by atoms with E-state index in [1.807, 2.05) is 47.8 Å². The quantitative estimate of drug-likeness (QED) is 0.679. The average molecular weight is 237 g/mol. The molecule has 0 amide bonds. The second-order valence-electron chi connectivity index (χ2n) is 3.53. The van der Waals surface area contributed by atoms with Crippen molar-refractivity contribution in [2.75, 3.05) is 0 Å². The summed E-state index contributed by atoms with van der Waals surface area (Å²) in [7, 11) is 0. The highest BCUT2D eigenvalue weighted by atomic mass is 32.1. The number of hydrogen-bond donors (Lipinski definition) is 0. The zero-order valence-electron chi connectivity index (χ0n) is 9.00. The third-order valence-electron chi connectivity index (χ3n) is 2.37. The predicted octanol–water partition coefficient (Wildman–Crippen LogP) is 3.67. The summed E-state index contributed by atoms with van der Waals surface area (Å²) in [6.45, 7) is 0. The summed E-state index contributed by atoms with van der Waals surface area (Å²) < 4.78 is 0.